The Labute approximate surface area is 155 Å². The lowest BCUT2D eigenvalue weighted by atomic mass is 10.1. The number of imide groups is 1. The van der Waals surface area contributed by atoms with Crippen molar-refractivity contribution in [3.63, 3.8) is 0 Å². The molecule has 27 heavy (non-hydrogen) atoms. The Morgan fingerprint density at radius 1 is 1.07 bits per heavy atom. The van der Waals surface area contributed by atoms with Crippen LogP contribution >= 0.6 is 0 Å². The zero-order valence-corrected chi connectivity index (χ0v) is 14.5. The zero-order chi connectivity index (χ0) is 19.6. The van der Waals surface area contributed by atoms with Crippen molar-refractivity contribution in [2.45, 2.75) is 6.10 Å². The molecule has 0 aromatic heterocycles. The summed E-state index contributed by atoms with van der Waals surface area (Å²) in [5.74, 6) is -1.40. The Kier molecular flexibility index (Phi) is 6.91. The molecule has 0 bridgehead atoms. The minimum Gasteiger partial charge on any atom is -0.481 e. The van der Waals surface area contributed by atoms with E-state index in [0.717, 1.165) is 0 Å². The number of nitriles is 1. The van der Waals surface area contributed by atoms with Gasteiger partial charge in [-0.3, -0.25) is 10.1 Å². The van der Waals surface area contributed by atoms with Crippen molar-refractivity contribution in [3.05, 3.63) is 65.7 Å². The first-order valence-electron chi connectivity index (χ1n) is 7.94. The van der Waals surface area contributed by atoms with E-state index in [1.807, 2.05) is 6.07 Å². The Bertz CT molecular complexity index is 861. The van der Waals surface area contributed by atoms with E-state index >= 15 is 0 Å². The van der Waals surface area contributed by atoms with Gasteiger partial charge in [0.2, 0.25) is 6.10 Å². The Morgan fingerprint density at radius 2 is 1.74 bits per heavy atom. The van der Waals surface area contributed by atoms with Crippen molar-refractivity contribution in [2.24, 2.45) is 0 Å². The highest BCUT2D eigenvalue weighted by Gasteiger charge is 2.26. The van der Waals surface area contributed by atoms with E-state index < -0.39 is 30.6 Å². The van der Waals surface area contributed by atoms with Crippen molar-refractivity contribution in [2.75, 3.05) is 13.7 Å². The maximum Gasteiger partial charge on any atom is 0.345 e. The molecule has 0 unspecified atom stereocenters. The summed E-state index contributed by atoms with van der Waals surface area (Å²) in [5, 5.41) is 13.3. The average molecular weight is 367 g/mol. The van der Waals surface area contributed by atoms with Gasteiger partial charge >= 0.3 is 12.0 Å². The monoisotopic (exact) mass is 367 g/mol. The SMILES string of the molecule is CNC(=O)NC(=O)[C@H](OC(=O)COc1ccccc1C#N)c1ccccc1. The highest BCUT2D eigenvalue weighted by Crippen LogP contribution is 2.19. The molecule has 138 valence electrons. The number of carbonyl (C=O) groups excluding carboxylic acids is 3. The lowest BCUT2D eigenvalue weighted by Gasteiger charge is -2.17. The fourth-order valence-corrected chi connectivity index (χ4v) is 2.13. The van der Waals surface area contributed by atoms with E-state index in [2.05, 4.69) is 10.6 Å². The van der Waals surface area contributed by atoms with Crippen LogP contribution in [0.15, 0.2) is 54.6 Å². The van der Waals surface area contributed by atoms with E-state index in [4.69, 9.17) is 14.7 Å². The van der Waals surface area contributed by atoms with Gasteiger partial charge in [0.25, 0.3) is 5.91 Å². The molecule has 0 fully saturated rings. The standard InChI is InChI=1S/C19H17N3O5/c1-21-19(25)22-18(24)17(13-7-3-2-4-8-13)27-16(23)12-26-15-10-6-5-9-14(15)11-20/h2-10,17H,12H2,1H3,(H2,21,22,24,25)/t17-/m1/s1. The van der Waals surface area contributed by atoms with Crippen molar-refractivity contribution in [1.82, 2.24) is 10.6 Å². The largest absolute Gasteiger partial charge is 0.481 e. The van der Waals surface area contributed by atoms with Crippen LogP contribution in [0.1, 0.15) is 17.2 Å². The Hall–Kier alpha value is -3.86. The number of para-hydroxylation sites is 1. The van der Waals surface area contributed by atoms with Gasteiger partial charge in [-0.15, -0.1) is 0 Å². The van der Waals surface area contributed by atoms with Gasteiger partial charge in [0, 0.05) is 12.6 Å². The minimum absolute atomic E-state index is 0.225. The number of amides is 3. The van der Waals surface area contributed by atoms with Crippen molar-refractivity contribution in [3.8, 4) is 11.8 Å². The molecule has 0 saturated heterocycles. The van der Waals surface area contributed by atoms with Crippen LogP contribution in [0.2, 0.25) is 0 Å². The molecule has 0 aliphatic rings. The van der Waals surface area contributed by atoms with Crippen molar-refractivity contribution in [1.29, 1.82) is 5.26 Å². The van der Waals surface area contributed by atoms with E-state index in [1.54, 1.807) is 54.6 Å². The van der Waals surface area contributed by atoms with Gasteiger partial charge in [0.15, 0.2) is 6.61 Å². The number of benzene rings is 2. The van der Waals surface area contributed by atoms with Gasteiger partial charge in [-0.05, 0) is 12.1 Å². The first kappa shape index (κ1) is 19.5. The molecule has 2 aromatic rings. The third kappa shape index (κ3) is 5.57. The van der Waals surface area contributed by atoms with Gasteiger partial charge in [-0.25, -0.2) is 9.59 Å². The highest BCUT2D eigenvalue weighted by atomic mass is 16.6. The normalized spacial score (nSPS) is 10.8. The first-order chi connectivity index (χ1) is 13.0. The summed E-state index contributed by atoms with van der Waals surface area (Å²) in [5.41, 5.74) is 0.659. The molecule has 8 heteroatoms. The topological polar surface area (TPSA) is 118 Å². The molecule has 3 amide bonds. The summed E-state index contributed by atoms with van der Waals surface area (Å²) in [6, 6.07) is 15.9. The van der Waals surface area contributed by atoms with Gasteiger partial charge in [-0.2, -0.15) is 5.26 Å². The lowest BCUT2D eigenvalue weighted by Crippen LogP contribution is -2.41. The molecular formula is C19H17N3O5. The van der Waals surface area contributed by atoms with Gasteiger partial charge in [-0.1, -0.05) is 42.5 Å². The average Bonchev–Trinajstić information content (AvgIpc) is 2.71. The number of rotatable bonds is 6. The number of hydrogen-bond acceptors (Lipinski definition) is 6. The number of carbonyl (C=O) groups is 3. The van der Waals surface area contributed by atoms with E-state index in [9.17, 15) is 14.4 Å². The number of hydrogen-bond donors (Lipinski definition) is 2. The van der Waals surface area contributed by atoms with Crippen LogP contribution in [0.3, 0.4) is 0 Å². The lowest BCUT2D eigenvalue weighted by molar-refractivity contribution is -0.158. The van der Waals surface area contributed by atoms with E-state index in [-0.39, 0.29) is 11.3 Å². The summed E-state index contributed by atoms with van der Waals surface area (Å²) >= 11 is 0. The molecule has 2 N–H and O–H groups in total. The number of urea groups is 1. The summed E-state index contributed by atoms with van der Waals surface area (Å²) in [6.07, 6.45) is -1.33. The van der Waals surface area contributed by atoms with Crippen LogP contribution < -0.4 is 15.4 Å². The zero-order valence-electron chi connectivity index (χ0n) is 14.5. The van der Waals surface area contributed by atoms with Gasteiger partial charge in [0.05, 0.1) is 5.56 Å². The third-order valence-corrected chi connectivity index (χ3v) is 3.41. The predicted octanol–water partition coefficient (Wildman–Crippen LogP) is 1.68. The maximum absolute atomic E-state index is 12.3. The predicted molar refractivity (Wildman–Crippen MR) is 94.5 cm³/mol. The second-order valence-corrected chi connectivity index (χ2v) is 5.25. The van der Waals surface area contributed by atoms with Gasteiger partial charge < -0.3 is 14.8 Å². The van der Waals surface area contributed by atoms with Crippen LogP contribution in [-0.4, -0.2) is 31.6 Å². The van der Waals surface area contributed by atoms with Gasteiger partial charge in [0.1, 0.15) is 11.8 Å². The van der Waals surface area contributed by atoms with E-state index in [1.165, 1.54) is 7.05 Å². The van der Waals surface area contributed by atoms with Crippen LogP contribution in [0.5, 0.6) is 5.75 Å². The Morgan fingerprint density at radius 3 is 2.41 bits per heavy atom. The van der Waals surface area contributed by atoms with Crippen LogP contribution in [0, 0.1) is 11.3 Å². The summed E-state index contributed by atoms with van der Waals surface area (Å²) < 4.78 is 10.5. The fraction of sp³-hybridized carbons (Fsp3) is 0.158. The molecule has 8 nitrogen and oxygen atoms in total. The third-order valence-electron chi connectivity index (χ3n) is 3.41. The van der Waals surface area contributed by atoms with Crippen LogP contribution in [0.4, 0.5) is 4.79 Å². The van der Waals surface area contributed by atoms with E-state index in [0.29, 0.717) is 5.56 Å². The van der Waals surface area contributed by atoms with Crippen molar-refractivity contribution >= 4 is 17.9 Å². The molecule has 2 rings (SSSR count). The molecule has 2 aromatic carbocycles. The number of nitrogens with one attached hydrogen (secondary N) is 2. The highest BCUT2D eigenvalue weighted by molar-refractivity contribution is 5.97. The second kappa shape index (κ2) is 9.58. The maximum atomic E-state index is 12.3. The second-order valence-electron chi connectivity index (χ2n) is 5.25. The summed E-state index contributed by atoms with van der Waals surface area (Å²) in [7, 11) is 1.35. The molecule has 1 atom stereocenters. The fourth-order valence-electron chi connectivity index (χ4n) is 2.13. The number of esters is 1. The number of ether oxygens (including phenoxy) is 2. The van der Waals surface area contributed by atoms with Crippen molar-refractivity contribution < 1.29 is 23.9 Å². The molecule has 0 heterocycles. The molecule has 0 saturated carbocycles. The molecule has 0 spiro atoms. The molecular weight excluding hydrogens is 350 g/mol. The minimum atomic E-state index is -1.33. The van der Waals surface area contributed by atoms with Crippen LogP contribution in [-0.2, 0) is 14.3 Å². The Balaban J connectivity index is 2.08. The molecule has 0 radical (unpaired) electrons. The smallest absolute Gasteiger partial charge is 0.345 e. The first-order valence-corrected chi connectivity index (χ1v) is 7.94. The van der Waals surface area contributed by atoms with Crippen LogP contribution in [0.25, 0.3) is 0 Å². The summed E-state index contributed by atoms with van der Waals surface area (Å²) in [6.45, 7) is -0.505. The number of nitrogens with zero attached hydrogens (tertiary/aromatic N) is 1. The molecule has 0 aliphatic carbocycles. The summed E-state index contributed by atoms with van der Waals surface area (Å²) in [4.78, 5) is 35.8. The quantitative estimate of drug-likeness (QED) is 0.750. The molecule has 0 aliphatic heterocycles.